The molecule has 6 heteroatoms. The zero-order valence-corrected chi connectivity index (χ0v) is 11.3. The van der Waals surface area contributed by atoms with Crippen LogP contribution >= 0.6 is 11.6 Å². The van der Waals surface area contributed by atoms with Crippen molar-refractivity contribution in [3.8, 4) is 0 Å². The van der Waals surface area contributed by atoms with Gasteiger partial charge in [0, 0.05) is 24.2 Å². The molecule has 0 radical (unpaired) electrons. The lowest BCUT2D eigenvalue weighted by atomic mass is 9.94. The van der Waals surface area contributed by atoms with Crippen LogP contribution in [0, 0.1) is 10.1 Å². The number of rotatable bonds is 6. The van der Waals surface area contributed by atoms with Gasteiger partial charge in [-0.05, 0) is 18.9 Å². The van der Waals surface area contributed by atoms with Gasteiger partial charge in [0.15, 0.2) is 0 Å². The fourth-order valence-electron chi connectivity index (χ4n) is 1.53. The number of nitro groups is 1. The van der Waals surface area contributed by atoms with E-state index in [1.165, 1.54) is 12.1 Å². The lowest BCUT2D eigenvalue weighted by molar-refractivity contribution is -0.384. The molecule has 0 bridgehead atoms. The quantitative estimate of drug-likeness (QED) is 0.615. The highest BCUT2D eigenvalue weighted by Gasteiger charge is 2.20. The molecule has 0 spiro atoms. The number of halogens is 1. The van der Waals surface area contributed by atoms with Crippen molar-refractivity contribution in [3.05, 3.63) is 33.3 Å². The summed E-state index contributed by atoms with van der Waals surface area (Å²) in [5.74, 6) is 0. The van der Waals surface area contributed by atoms with Gasteiger partial charge in [-0.15, -0.1) is 0 Å². The summed E-state index contributed by atoms with van der Waals surface area (Å²) >= 11 is 5.98. The smallest absolute Gasteiger partial charge is 0.271 e. The van der Waals surface area contributed by atoms with Crippen molar-refractivity contribution in [2.24, 2.45) is 5.73 Å². The minimum Gasteiger partial charge on any atom is -0.382 e. The summed E-state index contributed by atoms with van der Waals surface area (Å²) in [4.78, 5) is 10.1. The van der Waals surface area contributed by atoms with E-state index in [0.717, 1.165) is 12.8 Å². The third-order valence-electron chi connectivity index (χ3n) is 3.20. The Labute approximate surface area is 111 Å². The molecule has 0 fully saturated rings. The molecule has 0 atom stereocenters. The maximum Gasteiger partial charge on any atom is 0.271 e. The Kier molecular flexibility index (Phi) is 4.93. The van der Waals surface area contributed by atoms with Crippen molar-refractivity contribution >= 4 is 23.0 Å². The second-order valence-corrected chi connectivity index (χ2v) is 4.75. The molecule has 100 valence electrons. The predicted molar refractivity (Wildman–Crippen MR) is 74.1 cm³/mol. The molecule has 0 saturated heterocycles. The molecular formula is C12H18ClN3O2. The number of hydrogen-bond donors (Lipinski definition) is 2. The Bertz CT molecular complexity index is 433. The predicted octanol–water partition coefficient (Wildman–Crippen LogP) is 3.18. The van der Waals surface area contributed by atoms with Crippen LogP contribution in [0.4, 0.5) is 11.4 Å². The first-order chi connectivity index (χ1) is 8.41. The highest BCUT2D eigenvalue weighted by molar-refractivity contribution is 6.33. The number of nitro benzene ring substituents is 1. The van der Waals surface area contributed by atoms with Crippen molar-refractivity contribution in [3.63, 3.8) is 0 Å². The van der Waals surface area contributed by atoms with Gasteiger partial charge in [0.1, 0.15) is 0 Å². The number of benzene rings is 1. The molecule has 0 aliphatic heterocycles. The van der Waals surface area contributed by atoms with Crippen LogP contribution in [-0.4, -0.2) is 17.0 Å². The van der Waals surface area contributed by atoms with Crippen LogP contribution in [0.2, 0.25) is 5.02 Å². The van der Waals surface area contributed by atoms with Gasteiger partial charge in [-0.2, -0.15) is 0 Å². The first kappa shape index (κ1) is 14.7. The first-order valence-electron chi connectivity index (χ1n) is 5.88. The van der Waals surface area contributed by atoms with E-state index < -0.39 is 4.92 Å². The Hall–Kier alpha value is -1.33. The zero-order chi connectivity index (χ0) is 13.8. The van der Waals surface area contributed by atoms with Crippen LogP contribution in [0.15, 0.2) is 18.2 Å². The molecular weight excluding hydrogens is 254 g/mol. The van der Waals surface area contributed by atoms with Gasteiger partial charge in [0.05, 0.1) is 15.6 Å². The molecule has 0 unspecified atom stereocenters. The summed E-state index contributed by atoms with van der Waals surface area (Å²) in [6, 6.07) is 4.36. The van der Waals surface area contributed by atoms with Gasteiger partial charge in [0.2, 0.25) is 0 Å². The molecule has 0 saturated carbocycles. The average molecular weight is 272 g/mol. The number of nitrogens with two attached hydrogens (primary N) is 1. The minimum atomic E-state index is -0.471. The normalized spacial score (nSPS) is 11.3. The SMILES string of the molecule is CCC(N)(CC)CNc1ccc([N+](=O)[O-])cc1Cl. The van der Waals surface area contributed by atoms with Gasteiger partial charge in [-0.25, -0.2) is 0 Å². The molecule has 3 N–H and O–H groups in total. The lowest BCUT2D eigenvalue weighted by Gasteiger charge is -2.27. The molecule has 0 amide bonds. The van der Waals surface area contributed by atoms with Gasteiger partial charge in [-0.1, -0.05) is 25.4 Å². The highest BCUT2D eigenvalue weighted by Crippen LogP contribution is 2.27. The number of hydrogen-bond acceptors (Lipinski definition) is 4. The van der Waals surface area contributed by atoms with E-state index in [0.29, 0.717) is 17.3 Å². The van der Waals surface area contributed by atoms with Crippen molar-refractivity contribution < 1.29 is 4.92 Å². The Morgan fingerprint density at radius 1 is 1.44 bits per heavy atom. The van der Waals surface area contributed by atoms with Gasteiger partial charge >= 0.3 is 0 Å². The van der Waals surface area contributed by atoms with E-state index in [1.807, 2.05) is 13.8 Å². The Morgan fingerprint density at radius 3 is 2.50 bits per heavy atom. The molecule has 0 aliphatic rings. The highest BCUT2D eigenvalue weighted by atomic mass is 35.5. The second kappa shape index (κ2) is 6.02. The second-order valence-electron chi connectivity index (χ2n) is 4.34. The van der Waals surface area contributed by atoms with E-state index in [4.69, 9.17) is 17.3 Å². The largest absolute Gasteiger partial charge is 0.382 e. The summed E-state index contributed by atoms with van der Waals surface area (Å²) in [5, 5.41) is 14.1. The fraction of sp³-hybridized carbons (Fsp3) is 0.500. The maximum absolute atomic E-state index is 10.6. The molecule has 0 heterocycles. The molecule has 5 nitrogen and oxygen atoms in total. The van der Waals surface area contributed by atoms with Crippen molar-refractivity contribution in [2.75, 3.05) is 11.9 Å². The third-order valence-corrected chi connectivity index (χ3v) is 3.52. The number of non-ortho nitro benzene ring substituents is 1. The summed E-state index contributed by atoms with van der Waals surface area (Å²) in [6.45, 7) is 4.64. The van der Waals surface area contributed by atoms with Crippen molar-refractivity contribution in [2.45, 2.75) is 32.2 Å². The van der Waals surface area contributed by atoms with Gasteiger partial charge in [-0.3, -0.25) is 10.1 Å². The summed E-state index contributed by atoms with van der Waals surface area (Å²) in [5.41, 5.74) is 6.52. The van der Waals surface area contributed by atoms with Crippen LogP contribution < -0.4 is 11.1 Å². The molecule has 1 aromatic rings. The molecule has 18 heavy (non-hydrogen) atoms. The summed E-state index contributed by atoms with van der Waals surface area (Å²) in [6.07, 6.45) is 1.70. The number of anilines is 1. The molecule has 0 aromatic heterocycles. The van der Waals surface area contributed by atoms with Crippen LogP contribution in [0.5, 0.6) is 0 Å². The lowest BCUT2D eigenvalue weighted by Crippen LogP contribution is -2.45. The minimum absolute atomic E-state index is 0.0180. The van der Waals surface area contributed by atoms with E-state index in [1.54, 1.807) is 6.07 Å². The van der Waals surface area contributed by atoms with Crippen LogP contribution in [0.1, 0.15) is 26.7 Å². The zero-order valence-electron chi connectivity index (χ0n) is 10.6. The van der Waals surface area contributed by atoms with Crippen LogP contribution in [0.25, 0.3) is 0 Å². The summed E-state index contributed by atoms with van der Waals surface area (Å²) in [7, 11) is 0. The summed E-state index contributed by atoms with van der Waals surface area (Å²) < 4.78 is 0. The third kappa shape index (κ3) is 3.58. The average Bonchev–Trinajstić information content (AvgIpc) is 2.36. The van der Waals surface area contributed by atoms with Gasteiger partial charge in [0.25, 0.3) is 5.69 Å². The number of nitrogens with zero attached hydrogens (tertiary/aromatic N) is 1. The molecule has 1 aromatic carbocycles. The van der Waals surface area contributed by atoms with Crippen molar-refractivity contribution in [1.29, 1.82) is 0 Å². The van der Waals surface area contributed by atoms with Crippen LogP contribution in [0.3, 0.4) is 0 Å². The van der Waals surface area contributed by atoms with Crippen LogP contribution in [-0.2, 0) is 0 Å². The maximum atomic E-state index is 10.6. The number of nitrogens with one attached hydrogen (secondary N) is 1. The Balaban J connectivity index is 2.77. The van der Waals surface area contributed by atoms with E-state index in [9.17, 15) is 10.1 Å². The van der Waals surface area contributed by atoms with E-state index >= 15 is 0 Å². The molecule has 0 aliphatic carbocycles. The standard InChI is InChI=1S/C12H18ClN3O2/c1-3-12(14,4-2)8-15-11-6-5-9(16(17)18)7-10(11)13/h5-7,15H,3-4,8,14H2,1-2H3. The van der Waals surface area contributed by atoms with E-state index in [2.05, 4.69) is 5.32 Å². The monoisotopic (exact) mass is 271 g/mol. The van der Waals surface area contributed by atoms with E-state index in [-0.39, 0.29) is 11.2 Å². The Morgan fingerprint density at radius 2 is 2.06 bits per heavy atom. The first-order valence-corrected chi connectivity index (χ1v) is 6.26. The van der Waals surface area contributed by atoms with Crippen molar-refractivity contribution in [1.82, 2.24) is 0 Å². The fourth-order valence-corrected chi connectivity index (χ4v) is 1.77. The van der Waals surface area contributed by atoms with Gasteiger partial charge < -0.3 is 11.1 Å². The topological polar surface area (TPSA) is 81.2 Å². The molecule has 1 rings (SSSR count).